The fourth-order valence-electron chi connectivity index (χ4n) is 3.90. The molecule has 30 heavy (non-hydrogen) atoms. The van der Waals surface area contributed by atoms with E-state index < -0.39 is 50.6 Å². The van der Waals surface area contributed by atoms with Crippen LogP contribution >= 0.6 is 0 Å². The molecule has 0 N–H and O–H groups in total. The maximum Gasteiger partial charge on any atom is 0.534 e. The van der Waals surface area contributed by atoms with E-state index >= 15 is 0 Å². The second-order valence-electron chi connectivity index (χ2n) is 7.30. The number of alkyl halides is 3. The molecule has 1 aliphatic carbocycles. The highest BCUT2D eigenvalue weighted by atomic mass is 32.2. The molecule has 1 heterocycles. The van der Waals surface area contributed by atoms with Crippen LogP contribution in [-0.4, -0.2) is 45.3 Å². The van der Waals surface area contributed by atoms with E-state index in [-0.39, 0.29) is 37.4 Å². The highest BCUT2D eigenvalue weighted by molar-refractivity contribution is 7.88. The molecule has 1 aromatic rings. The van der Waals surface area contributed by atoms with Crippen LogP contribution in [0, 0.1) is 11.7 Å². The van der Waals surface area contributed by atoms with Crippen LogP contribution in [0.15, 0.2) is 12.1 Å². The third-order valence-electron chi connectivity index (χ3n) is 5.53. The molecule has 0 unspecified atom stereocenters. The van der Waals surface area contributed by atoms with Gasteiger partial charge in [-0.1, -0.05) is 6.92 Å². The Balaban J connectivity index is 1.90. The van der Waals surface area contributed by atoms with E-state index in [1.807, 2.05) is 0 Å². The summed E-state index contributed by atoms with van der Waals surface area (Å²) >= 11 is 0. The molecule has 168 valence electrons. The van der Waals surface area contributed by atoms with Gasteiger partial charge in [-0.2, -0.15) is 21.6 Å². The predicted molar refractivity (Wildman–Crippen MR) is 93.8 cm³/mol. The Labute approximate surface area is 170 Å². The van der Waals surface area contributed by atoms with Gasteiger partial charge in [-0.05, 0) is 30.4 Å². The second kappa shape index (κ2) is 7.97. The smallest absolute Gasteiger partial charge is 0.493 e. The molecule has 1 aromatic carbocycles. The molecule has 0 radical (unpaired) electrons. The van der Waals surface area contributed by atoms with E-state index in [0.717, 1.165) is 19.2 Å². The minimum absolute atomic E-state index is 0.0215. The summed E-state index contributed by atoms with van der Waals surface area (Å²) < 4.78 is 95.6. The zero-order valence-corrected chi connectivity index (χ0v) is 16.9. The number of rotatable bonds is 6. The van der Waals surface area contributed by atoms with Gasteiger partial charge in [0.1, 0.15) is 24.0 Å². The van der Waals surface area contributed by atoms with Crippen LogP contribution in [-0.2, 0) is 30.8 Å². The van der Waals surface area contributed by atoms with Gasteiger partial charge in [0.05, 0.1) is 13.2 Å². The number of ketones is 1. The quantitative estimate of drug-likeness (QED) is 0.369. The van der Waals surface area contributed by atoms with Gasteiger partial charge in [-0.15, -0.1) is 0 Å². The Bertz CT molecular complexity index is 931. The SMILES string of the molecule is COc1cc(F)c(C[C@H](C)[C@]23CCC(=O)C[C@H]2OCO3)cc1OS(=O)(=O)C(F)(F)F. The van der Waals surface area contributed by atoms with Crippen molar-refractivity contribution in [2.75, 3.05) is 13.9 Å². The van der Waals surface area contributed by atoms with Crippen molar-refractivity contribution in [1.29, 1.82) is 0 Å². The summed E-state index contributed by atoms with van der Waals surface area (Å²) in [5.41, 5.74) is -6.59. The fraction of sp³-hybridized carbons (Fsp3) is 0.611. The molecule has 0 amide bonds. The highest BCUT2D eigenvalue weighted by Crippen LogP contribution is 2.44. The lowest BCUT2D eigenvalue weighted by atomic mass is 9.72. The Morgan fingerprint density at radius 1 is 1.30 bits per heavy atom. The zero-order chi connectivity index (χ0) is 22.3. The van der Waals surface area contributed by atoms with Gasteiger partial charge in [0, 0.05) is 18.9 Å². The molecule has 3 atom stereocenters. The van der Waals surface area contributed by atoms with Crippen LogP contribution in [0.5, 0.6) is 11.5 Å². The third-order valence-corrected chi connectivity index (χ3v) is 6.49. The van der Waals surface area contributed by atoms with Crippen molar-refractivity contribution in [3.8, 4) is 11.5 Å². The first-order valence-electron chi connectivity index (χ1n) is 9.04. The molecule has 1 saturated carbocycles. The molecule has 12 heteroatoms. The summed E-state index contributed by atoms with van der Waals surface area (Å²) in [6, 6.07) is 1.62. The molecule has 2 fully saturated rings. The molecular weight excluding hydrogens is 436 g/mol. The molecule has 7 nitrogen and oxygen atoms in total. The van der Waals surface area contributed by atoms with Gasteiger partial charge in [0.25, 0.3) is 0 Å². The molecule has 0 spiro atoms. The van der Waals surface area contributed by atoms with E-state index in [0.29, 0.717) is 6.42 Å². The minimum Gasteiger partial charge on any atom is -0.493 e. The Hall–Kier alpha value is -1.92. The van der Waals surface area contributed by atoms with Gasteiger partial charge < -0.3 is 18.4 Å². The van der Waals surface area contributed by atoms with Crippen LogP contribution < -0.4 is 8.92 Å². The maximum absolute atomic E-state index is 14.6. The predicted octanol–water partition coefficient (Wildman–Crippen LogP) is 3.11. The highest BCUT2D eigenvalue weighted by Gasteiger charge is 2.53. The van der Waals surface area contributed by atoms with Crippen molar-refractivity contribution in [2.45, 2.75) is 49.8 Å². The number of carbonyl (C=O) groups excluding carboxylic acids is 1. The van der Waals surface area contributed by atoms with Gasteiger partial charge in [-0.3, -0.25) is 4.79 Å². The number of carbonyl (C=O) groups is 1. The summed E-state index contributed by atoms with van der Waals surface area (Å²) in [6.45, 7) is 1.72. The Kier molecular flexibility index (Phi) is 6.04. The minimum atomic E-state index is -5.97. The lowest BCUT2D eigenvalue weighted by Crippen LogP contribution is -2.50. The van der Waals surface area contributed by atoms with Crippen molar-refractivity contribution in [2.24, 2.45) is 5.92 Å². The van der Waals surface area contributed by atoms with Gasteiger partial charge in [0.15, 0.2) is 11.5 Å². The molecule has 2 aliphatic rings. The number of hydrogen-bond donors (Lipinski definition) is 0. The lowest BCUT2D eigenvalue weighted by molar-refractivity contribution is -0.130. The van der Waals surface area contributed by atoms with Crippen molar-refractivity contribution in [3.05, 3.63) is 23.5 Å². The molecule has 1 saturated heterocycles. The third kappa shape index (κ3) is 4.12. The van der Waals surface area contributed by atoms with Crippen LogP contribution in [0.2, 0.25) is 0 Å². The molecule has 0 bridgehead atoms. The van der Waals surface area contributed by atoms with Gasteiger partial charge >= 0.3 is 15.6 Å². The number of benzene rings is 1. The van der Waals surface area contributed by atoms with Crippen LogP contribution in [0.3, 0.4) is 0 Å². The van der Waals surface area contributed by atoms with Crippen molar-refractivity contribution in [3.63, 3.8) is 0 Å². The summed E-state index contributed by atoms with van der Waals surface area (Å²) in [5, 5.41) is 0. The summed E-state index contributed by atoms with van der Waals surface area (Å²) in [5.74, 6) is -2.47. The average Bonchev–Trinajstić information content (AvgIpc) is 3.07. The number of ether oxygens (including phenoxy) is 3. The standard InChI is InChI=1S/C18H20F4O7S/c1-10(17-4-3-12(23)7-16(17)27-9-28-17)5-11-6-15(14(26-2)8-13(11)19)29-30(24,25)18(20,21)22/h6,8,10,16H,3-5,7,9H2,1-2H3/t10-,16+,17+/m0/s1. The van der Waals surface area contributed by atoms with Crippen LogP contribution in [0.4, 0.5) is 17.6 Å². The Morgan fingerprint density at radius 3 is 2.63 bits per heavy atom. The van der Waals surface area contributed by atoms with E-state index in [9.17, 15) is 30.8 Å². The molecule has 3 rings (SSSR count). The van der Waals surface area contributed by atoms with Crippen LogP contribution in [0.25, 0.3) is 0 Å². The normalized spacial score (nSPS) is 25.7. The van der Waals surface area contributed by atoms with Crippen molar-refractivity contribution >= 4 is 15.9 Å². The average molecular weight is 456 g/mol. The van der Waals surface area contributed by atoms with Crippen molar-refractivity contribution in [1.82, 2.24) is 0 Å². The number of methoxy groups -OCH3 is 1. The molecule has 1 aliphatic heterocycles. The maximum atomic E-state index is 14.6. The largest absolute Gasteiger partial charge is 0.534 e. The number of fused-ring (bicyclic) bond motifs is 1. The van der Waals surface area contributed by atoms with Crippen molar-refractivity contribution < 1.29 is 49.2 Å². The first-order valence-corrected chi connectivity index (χ1v) is 10.4. The lowest BCUT2D eigenvalue weighted by Gasteiger charge is -2.40. The van der Waals surface area contributed by atoms with Gasteiger partial charge in [0.2, 0.25) is 0 Å². The number of hydrogen-bond acceptors (Lipinski definition) is 7. The summed E-state index contributed by atoms with van der Waals surface area (Å²) in [6.07, 6.45) is 0.269. The first-order chi connectivity index (χ1) is 13.9. The summed E-state index contributed by atoms with van der Waals surface area (Å²) in [4.78, 5) is 11.7. The van der Waals surface area contributed by atoms with E-state index in [1.54, 1.807) is 6.92 Å². The topological polar surface area (TPSA) is 88.1 Å². The molecular formula is C18H20F4O7S. The first kappa shape index (κ1) is 22.8. The van der Waals surface area contributed by atoms with Crippen LogP contribution in [0.1, 0.15) is 31.7 Å². The Morgan fingerprint density at radius 2 is 2.00 bits per heavy atom. The summed E-state index contributed by atoms with van der Waals surface area (Å²) in [7, 11) is -4.93. The fourth-order valence-corrected chi connectivity index (χ4v) is 4.36. The molecule has 0 aromatic heterocycles. The van der Waals surface area contributed by atoms with E-state index in [4.69, 9.17) is 14.2 Å². The monoisotopic (exact) mass is 456 g/mol. The van der Waals surface area contributed by atoms with Gasteiger partial charge in [-0.25, -0.2) is 4.39 Å². The number of halogens is 4. The number of Topliss-reactive ketones (excluding diaryl/α,β-unsaturated/α-hetero) is 1. The second-order valence-corrected chi connectivity index (χ2v) is 8.84. The van der Waals surface area contributed by atoms with E-state index in [1.165, 1.54) is 0 Å². The zero-order valence-electron chi connectivity index (χ0n) is 16.1. The van der Waals surface area contributed by atoms with E-state index in [2.05, 4.69) is 4.18 Å².